The molecule has 5 heteroatoms. The van der Waals surface area contributed by atoms with E-state index in [9.17, 15) is 0 Å². The Kier molecular flexibility index (Phi) is 2.84. The van der Waals surface area contributed by atoms with Crippen molar-refractivity contribution in [2.45, 2.75) is 13.8 Å². The molecule has 0 atom stereocenters. The maximum absolute atomic E-state index is 8.84. The van der Waals surface area contributed by atoms with Crippen LogP contribution in [0.1, 0.15) is 17.0 Å². The number of hydrogen-bond acceptors (Lipinski definition) is 5. The third-order valence-electron chi connectivity index (χ3n) is 1.94. The molecular formula is C11H10N4S. The molecule has 0 aliphatic carbocycles. The molecule has 1 N–H and O–H groups in total. The van der Waals surface area contributed by atoms with E-state index in [1.807, 2.05) is 19.2 Å². The zero-order valence-electron chi connectivity index (χ0n) is 8.98. The van der Waals surface area contributed by atoms with Gasteiger partial charge in [0.05, 0.1) is 17.3 Å². The fourth-order valence-electron chi connectivity index (χ4n) is 1.32. The number of anilines is 2. The molecule has 0 spiro atoms. The van der Waals surface area contributed by atoms with Crippen LogP contribution < -0.4 is 5.32 Å². The summed E-state index contributed by atoms with van der Waals surface area (Å²) in [5, 5.41) is 14.7. The standard InChI is InChI=1S/C11H10N4S/c1-7-3-9(5-12)4-10(13-7)15-11-14-8(2)6-16-11/h3-4,6H,1-2H3,(H,13,14,15). The van der Waals surface area contributed by atoms with Gasteiger partial charge in [-0.25, -0.2) is 9.97 Å². The van der Waals surface area contributed by atoms with E-state index < -0.39 is 0 Å². The third-order valence-corrected chi connectivity index (χ3v) is 2.81. The van der Waals surface area contributed by atoms with Crippen LogP contribution in [0.3, 0.4) is 0 Å². The first kappa shape index (κ1) is 10.6. The maximum Gasteiger partial charge on any atom is 0.188 e. The highest BCUT2D eigenvalue weighted by atomic mass is 32.1. The number of pyridine rings is 1. The van der Waals surface area contributed by atoms with Gasteiger partial charge < -0.3 is 5.32 Å². The maximum atomic E-state index is 8.84. The predicted molar refractivity (Wildman–Crippen MR) is 63.8 cm³/mol. The average Bonchev–Trinajstić information content (AvgIpc) is 2.63. The Bertz CT molecular complexity index is 553. The molecule has 0 bridgehead atoms. The fraction of sp³-hybridized carbons (Fsp3) is 0.182. The second-order valence-corrected chi connectivity index (χ2v) is 4.27. The molecule has 2 rings (SSSR count). The molecule has 16 heavy (non-hydrogen) atoms. The number of aryl methyl sites for hydroxylation is 2. The van der Waals surface area contributed by atoms with Gasteiger partial charge in [0.15, 0.2) is 5.13 Å². The first-order chi connectivity index (χ1) is 7.67. The summed E-state index contributed by atoms with van der Waals surface area (Å²) in [5.74, 6) is 0.658. The lowest BCUT2D eigenvalue weighted by atomic mass is 10.2. The fourth-order valence-corrected chi connectivity index (χ4v) is 2.01. The number of aromatic nitrogens is 2. The first-order valence-corrected chi connectivity index (χ1v) is 5.63. The summed E-state index contributed by atoms with van der Waals surface area (Å²) in [5.41, 5.74) is 2.39. The number of nitrogens with zero attached hydrogens (tertiary/aromatic N) is 3. The molecule has 4 nitrogen and oxygen atoms in total. The highest BCUT2D eigenvalue weighted by molar-refractivity contribution is 7.13. The van der Waals surface area contributed by atoms with E-state index in [0.717, 1.165) is 16.5 Å². The van der Waals surface area contributed by atoms with Crippen LogP contribution in [-0.2, 0) is 0 Å². The monoisotopic (exact) mass is 230 g/mol. The van der Waals surface area contributed by atoms with Gasteiger partial charge in [-0.05, 0) is 26.0 Å². The summed E-state index contributed by atoms with van der Waals surface area (Å²) < 4.78 is 0. The highest BCUT2D eigenvalue weighted by Gasteiger charge is 2.02. The van der Waals surface area contributed by atoms with Gasteiger partial charge in [-0.3, -0.25) is 0 Å². The Hall–Kier alpha value is -1.93. The van der Waals surface area contributed by atoms with Crippen LogP contribution in [0.25, 0.3) is 0 Å². The number of nitrogens with one attached hydrogen (secondary N) is 1. The number of hydrogen-bond donors (Lipinski definition) is 1. The Labute approximate surface area is 97.6 Å². The molecule has 0 saturated heterocycles. The van der Waals surface area contributed by atoms with Crippen LogP contribution in [0.15, 0.2) is 17.5 Å². The molecular weight excluding hydrogens is 220 g/mol. The van der Waals surface area contributed by atoms with E-state index in [0.29, 0.717) is 11.4 Å². The van der Waals surface area contributed by atoms with E-state index in [-0.39, 0.29) is 0 Å². The highest BCUT2D eigenvalue weighted by Crippen LogP contribution is 2.20. The van der Waals surface area contributed by atoms with Gasteiger partial charge in [0, 0.05) is 11.1 Å². The predicted octanol–water partition coefficient (Wildman–Crippen LogP) is 2.77. The minimum absolute atomic E-state index is 0.600. The zero-order chi connectivity index (χ0) is 11.5. The van der Waals surface area contributed by atoms with Crippen molar-refractivity contribution in [3.05, 3.63) is 34.5 Å². The minimum Gasteiger partial charge on any atom is -0.316 e. The average molecular weight is 230 g/mol. The molecule has 0 aromatic carbocycles. The Morgan fingerprint density at radius 2 is 2.06 bits per heavy atom. The summed E-state index contributed by atoms with van der Waals surface area (Å²) in [6, 6.07) is 5.56. The number of thiazole rings is 1. The van der Waals surface area contributed by atoms with Gasteiger partial charge in [0.1, 0.15) is 5.82 Å². The van der Waals surface area contributed by atoms with Crippen LogP contribution in [-0.4, -0.2) is 9.97 Å². The zero-order valence-corrected chi connectivity index (χ0v) is 9.80. The molecule has 0 aliphatic rings. The molecule has 2 heterocycles. The van der Waals surface area contributed by atoms with Crippen LogP contribution in [0.4, 0.5) is 10.9 Å². The van der Waals surface area contributed by atoms with Crippen molar-refractivity contribution in [2.75, 3.05) is 5.32 Å². The lowest BCUT2D eigenvalue weighted by Gasteiger charge is -2.03. The molecule has 0 aliphatic heterocycles. The lowest BCUT2D eigenvalue weighted by Crippen LogP contribution is -1.95. The van der Waals surface area contributed by atoms with Crippen LogP contribution in [0.5, 0.6) is 0 Å². The van der Waals surface area contributed by atoms with Crippen LogP contribution >= 0.6 is 11.3 Å². The summed E-state index contributed by atoms with van der Waals surface area (Å²) >= 11 is 1.52. The summed E-state index contributed by atoms with van der Waals surface area (Å²) in [4.78, 5) is 8.57. The van der Waals surface area contributed by atoms with E-state index in [1.165, 1.54) is 11.3 Å². The first-order valence-electron chi connectivity index (χ1n) is 4.75. The summed E-state index contributed by atoms with van der Waals surface area (Å²) in [6.45, 7) is 3.80. The molecule has 0 amide bonds. The molecule has 80 valence electrons. The van der Waals surface area contributed by atoms with Crippen molar-refractivity contribution in [3.63, 3.8) is 0 Å². The van der Waals surface area contributed by atoms with E-state index in [4.69, 9.17) is 5.26 Å². The van der Waals surface area contributed by atoms with Crippen molar-refractivity contribution in [1.82, 2.24) is 9.97 Å². The largest absolute Gasteiger partial charge is 0.316 e. The molecule has 2 aromatic heterocycles. The third kappa shape index (κ3) is 2.35. The van der Waals surface area contributed by atoms with E-state index >= 15 is 0 Å². The van der Waals surface area contributed by atoms with Gasteiger partial charge in [-0.15, -0.1) is 11.3 Å². The molecule has 0 fully saturated rings. The molecule has 2 aromatic rings. The second-order valence-electron chi connectivity index (χ2n) is 3.41. The molecule has 0 unspecified atom stereocenters. The van der Waals surface area contributed by atoms with Gasteiger partial charge >= 0.3 is 0 Å². The quantitative estimate of drug-likeness (QED) is 0.861. The lowest BCUT2D eigenvalue weighted by molar-refractivity contribution is 1.18. The van der Waals surface area contributed by atoms with Crippen LogP contribution in [0, 0.1) is 25.2 Å². The number of rotatable bonds is 2. The van der Waals surface area contributed by atoms with Crippen molar-refractivity contribution in [2.24, 2.45) is 0 Å². The van der Waals surface area contributed by atoms with Gasteiger partial charge in [-0.2, -0.15) is 5.26 Å². The molecule has 0 saturated carbocycles. The Morgan fingerprint density at radius 1 is 1.25 bits per heavy atom. The van der Waals surface area contributed by atoms with E-state index in [2.05, 4.69) is 21.4 Å². The van der Waals surface area contributed by atoms with Gasteiger partial charge in [-0.1, -0.05) is 0 Å². The van der Waals surface area contributed by atoms with Gasteiger partial charge in [0.25, 0.3) is 0 Å². The van der Waals surface area contributed by atoms with Crippen LogP contribution in [0.2, 0.25) is 0 Å². The van der Waals surface area contributed by atoms with E-state index in [1.54, 1.807) is 12.1 Å². The normalized spacial score (nSPS) is 9.81. The SMILES string of the molecule is Cc1cc(C#N)cc(Nc2nc(C)cs2)n1. The summed E-state index contributed by atoms with van der Waals surface area (Å²) in [7, 11) is 0. The summed E-state index contributed by atoms with van der Waals surface area (Å²) in [6.07, 6.45) is 0. The second kappa shape index (κ2) is 4.29. The van der Waals surface area contributed by atoms with Crippen molar-refractivity contribution < 1.29 is 0 Å². The Balaban J connectivity index is 2.28. The smallest absolute Gasteiger partial charge is 0.188 e. The topological polar surface area (TPSA) is 61.6 Å². The minimum atomic E-state index is 0.600. The molecule has 0 radical (unpaired) electrons. The van der Waals surface area contributed by atoms with Gasteiger partial charge in [0.2, 0.25) is 0 Å². The number of nitriles is 1. The Morgan fingerprint density at radius 3 is 2.69 bits per heavy atom. The van der Waals surface area contributed by atoms with Crippen molar-refractivity contribution >= 4 is 22.3 Å². The van der Waals surface area contributed by atoms with Crippen molar-refractivity contribution in [1.29, 1.82) is 5.26 Å². The van der Waals surface area contributed by atoms with Crippen molar-refractivity contribution in [3.8, 4) is 6.07 Å².